The molecule has 7 heteroatoms. The number of carbonyl (C=O) groups is 1. The lowest BCUT2D eigenvalue weighted by Gasteiger charge is -2.11. The molecule has 1 unspecified atom stereocenters. The van der Waals surface area contributed by atoms with Crippen molar-refractivity contribution in [1.29, 1.82) is 0 Å². The highest BCUT2D eigenvalue weighted by molar-refractivity contribution is 7.07. The van der Waals surface area contributed by atoms with Crippen LogP contribution in [0.3, 0.4) is 0 Å². The van der Waals surface area contributed by atoms with E-state index in [1.54, 1.807) is 10.9 Å². The number of hydrogen-bond donors (Lipinski definition) is 3. The number of thiophene rings is 1. The highest BCUT2D eigenvalue weighted by atomic mass is 32.1. The molecule has 0 bridgehead atoms. The van der Waals surface area contributed by atoms with Crippen molar-refractivity contribution in [2.45, 2.75) is 12.6 Å². The molecule has 1 aromatic carbocycles. The molecule has 3 aromatic rings. The Hall–Kier alpha value is -2.64. The van der Waals surface area contributed by atoms with Gasteiger partial charge in [-0.15, -0.1) is 0 Å². The van der Waals surface area contributed by atoms with Gasteiger partial charge in [-0.1, -0.05) is 18.2 Å². The quantitative estimate of drug-likeness (QED) is 0.644. The fraction of sp³-hybridized carbons (Fsp3) is 0.176. The minimum atomic E-state index is -0.692. The predicted octanol–water partition coefficient (Wildman–Crippen LogP) is 2.47. The molecule has 6 nitrogen and oxygen atoms in total. The summed E-state index contributed by atoms with van der Waals surface area (Å²) in [6.45, 7) is 0.541. The number of hydrogen-bond acceptors (Lipinski definition) is 4. The van der Waals surface area contributed by atoms with Crippen molar-refractivity contribution in [2.24, 2.45) is 0 Å². The van der Waals surface area contributed by atoms with Crippen molar-refractivity contribution in [3.8, 4) is 5.69 Å². The highest BCUT2D eigenvalue weighted by Crippen LogP contribution is 2.14. The minimum absolute atomic E-state index is 0.172. The van der Waals surface area contributed by atoms with Crippen LogP contribution >= 0.6 is 11.3 Å². The van der Waals surface area contributed by atoms with Gasteiger partial charge in [-0.2, -0.15) is 16.4 Å². The summed E-state index contributed by atoms with van der Waals surface area (Å²) in [7, 11) is 0. The first-order valence-corrected chi connectivity index (χ1v) is 8.47. The summed E-state index contributed by atoms with van der Waals surface area (Å²) >= 11 is 1.51. The van der Waals surface area contributed by atoms with Gasteiger partial charge in [-0.25, -0.2) is 9.48 Å². The van der Waals surface area contributed by atoms with E-state index in [0.717, 1.165) is 16.8 Å². The average molecular weight is 342 g/mol. The standard InChI is InChI=1S/C17H18N4O2S/c22-16(14-6-7-24-12-14)10-19-17(23)18-8-13-9-20-21(11-13)15-4-2-1-3-5-15/h1-7,9,11-12,16,22H,8,10H2,(H2,18,19,23). The van der Waals surface area contributed by atoms with Gasteiger partial charge in [0.15, 0.2) is 0 Å². The maximum absolute atomic E-state index is 11.8. The maximum Gasteiger partial charge on any atom is 0.315 e. The number of rotatable bonds is 6. The molecule has 0 radical (unpaired) electrons. The summed E-state index contributed by atoms with van der Waals surface area (Å²) in [4.78, 5) is 11.8. The van der Waals surface area contributed by atoms with Crippen molar-refractivity contribution in [2.75, 3.05) is 6.54 Å². The molecule has 0 saturated heterocycles. The van der Waals surface area contributed by atoms with E-state index in [2.05, 4.69) is 15.7 Å². The Kier molecular flexibility index (Phi) is 5.25. The Morgan fingerprint density at radius 3 is 2.83 bits per heavy atom. The van der Waals surface area contributed by atoms with Crippen LogP contribution < -0.4 is 10.6 Å². The Bertz CT molecular complexity index is 771. The smallest absolute Gasteiger partial charge is 0.315 e. The molecule has 124 valence electrons. The lowest BCUT2D eigenvalue weighted by atomic mass is 10.2. The van der Waals surface area contributed by atoms with Gasteiger partial charge < -0.3 is 15.7 Å². The number of amides is 2. The van der Waals surface area contributed by atoms with Gasteiger partial charge in [0, 0.05) is 24.8 Å². The van der Waals surface area contributed by atoms with Crippen molar-refractivity contribution in [3.05, 3.63) is 70.7 Å². The third-order valence-electron chi connectivity index (χ3n) is 3.49. The van der Waals surface area contributed by atoms with E-state index in [0.29, 0.717) is 6.54 Å². The molecular formula is C17H18N4O2S. The van der Waals surface area contributed by atoms with Crippen molar-refractivity contribution in [3.63, 3.8) is 0 Å². The number of benzene rings is 1. The summed E-state index contributed by atoms with van der Waals surface area (Å²) in [6, 6.07) is 11.3. The Morgan fingerprint density at radius 2 is 2.08 bits per heavy atom. The van der Waals surface area contributed by atoms with E-state index in [9.17, 15) is 9.90 Å². The topological polar surface area (TPSA) is 79.2 Å². The summed E-state index contributed by atoms with van der Waals surface area (Å²) in [5, 5.41) is 23.4. The molecule has 0 aliphatic carbocycles. The molecule has 3 N–H and O–H groups in total. The fourth-order valence-electron chi connectivity index (χ4n) is 2.19. The van der Waals surface area contributed by atoms with E-state index >= 15 is 0 Å². The van der Waals surface area contributed by atoms with Crippen LogP contribution in [0.1, 0.15) is 17.2 Å². The summed E-state index contributed by atoms with van der Waals surface area (Å²) in [6.07, 6.45) is 2.89. The molecule has 1 atom stereocenters. The maximum atomic E-state index is 11.8. The number of para-hydroxylation sites is 1. The molecule has 2 aromatic heterocycles. The van der Waals surface area contributed by atoms with Gasteiger partial charge in [-0.3, -0.25) is 0 Å². The second-order valence-electron chi connectivity index (χ2n) is 5.26. The average Bonchev–Trinajstić information content (AvgIpc) is 3.30. The molecule has 24 heavy (non-hydrogen) atoms. The summed E-state index contributed by atoms with van der Waals surface area (Å²) in [5.41, 5.74) is 2.67. The van der Waals surface area contributed by atoms with Crippen molar-refractivity contribution < 1.29 is 9.90 Å². The van der Waals surface area contributed by atoms with Crippen LogP contribution in [0.4, 0.5) is 4.79 Å². The molecule has 0 aliphatic heterocycles. The normalized spacial score (nSPS) is 11.9. The number of aliphatic hydroxyl groups is 1. The lowest BCUT2D eigenvalue weighted by Crippen LogP contribution is -2.37. The largest absolute Gasteiger partial charge is 0.387 e. The second-order valence-corrected chi connectivity index (χ2v) is 6.04. The van der Waals surface area contributed by atoms with E-state index in [4.69, 9.17) is 0 Å². The molecule has 2 amide bonds. The van der Waals surface area contributed by atoms with Crippen LogP contribution in [0.25, 0.3) is 5.69 Å². The van der Waals surface area contributed by atoms with Crippen LogP contribution in [0.5, 0.6) is 0 Å². The van der Waals surface area contributed by atoms with Crippen LogP contribution in [-0.4, -0.2) is 27.5 Å². The van der Waals surface area contributed by atoms with Gasteiger partial charge in [0.2, 0.25) is 0 Å². The van der Waals surface area contributed by atoms with Gasteiger partial charge in [0.1, 0.15) is 0 Å². The zero-order valence-electron chi connectivity index (χ0n) is 12.9. The third kappa shape index (κ3) is 4.21. The Morgan fingerprint density at radius 1 is 1.25 bits per heavy atom. The molecule has 0 fully saturated rings. The zero-order valence-corrected chi connectivity index (χ0v) is 13.7. The first kappa shape index (κ1) is 16.2. The van der Waals surface area contributed by atoms with Gasteiger partial charge in [0.05, 0.1) is 18.0 Å². The van der Waals surface area contributed by atoms with E-state index in [1.807, 2.05) is 53.4 Å². The molecule has 3 rings (SSSR count). The first-order chi connectivity index (χ1) is 11.7. The van der Waals surface area contributed by atoms with Gasteiger partial charge in [0.25, 0.3) is 0 Å². The monoisotopic (exact) mass is 342 g/mol. The number of aliphatic hydroxyl groups excluding tert-OH is 1. The van der Waals surface area contributed by atoms with Crippen LogP contribution in [0.15, 0.2) is 59.6 Å². The van der Waals surface area contributed by atoms with Crippen molar-refractivity contribution >= 4 is 17.4 Å². The number of urea groups is 1. The summed E-state index contributed by atoms with van der Waals surface area (Å²) < 4.78 is 1.76. The van der Waals surface area contributed by atoms with E-state index < -0.39 is 6.10 Å². The molecule has 2 heterocycles. The minimum Gasteiger partial charge on any atom is -0.387 e. The van der Waals surface area contributed by atoms with Gasteiger partial charge in [-0.05, 0) is 34.5 Å². The van der Waals surface area contributed by atoms with Gasteiger partial charge >= 0.3 is 6.03 Å². The van der Waals surface area contributed by atoms with Crippen molar-refractivity contribution in [1.82, 2.24) is 20.4 Å². The van der Waals surface area contributed by atoms with E-state index in [-0.39, 0.29) is 12.6 Å². The lowest BCUT2D eigenvalue weighted by molar-refractivity contribution is 0.173. The molecule has 0 saturated carbocycles. The van der Waals surface area contributed by atoms with Crippen LogP contribution in [0, 0.1) is 0 Å². The highest BCUT2D eigenvalue weighted by Gasteiger charge is 2.10. The SMILES string of the molecule is O=C(NCc1cnn(-c2ccccc2)c1)NCC(O)c1ccsc1. The fourth-order valence-corrected chi connectivity index (χ4v) is 2.90. The molecule has 0 spiro atoms. The number of nitrogens with one attached hydrogen (secondary N) is 2. The number of aromatic nitrogens is 2. The Balaban J connectivity index is 1.46. The Labute approximate surface area is 143 Å². The first-order valence-electron chi connectivity index (χ1n) is 7.53. The number of carbonyl (C=O) groups excluding carboxylic acids is 1. The molecular weight excluding hydrogens is 324 g/mol. The van der Waals surface area contributed by atoms with Crippen LogP contribution in [0.2, 0.25) is 0 Å². The van der Waals surface area contributed by atoms with E-state index in [1.165, 1.54) is 11.3 Å². The second kappa shape index (κ2) is 7.76. The molecule has 0 aliphatic rings. The zero-order chi connectivity index (χ0) is 16.8. The van der Waals surface area contributed by atoms with Crippen LogP contribution in [-0.2, 0) is 6.54 Å². The predicted molar refractivity (Wildman–Crippen MR) is 93.1 cm³/mol. The number of nitrogens with zero attached hydrogens (tertiary/aromatic N) is 2. The summed E-state index contributed by atoms with van der Waals surface area (Å²) in [5.74, 6) is 0. The third-order valence-corrected chi connectivity index (χ3v) is 4.20.